The minimum Gasteiger partial charge on any atom is -0.416 e. The van der Waals surface area contributed by atoms with Crippen LogP contribution in [0, 0.1) is 11.7 Å². The summed E-state index contributed by atoms with van der Waals surface area (Å²) in [4.78, 5) is 25.6. The second-order valence-electron chi connectivity index (χ2n) is 6.17. The Balaban J connectivity index is 1.63. The molecule has 1 aliphatic heterocycles. The van der Waals surface area contributed by atoms with Gasteiger partial charge in [-0.15, -0.1) is 16.8 Å². The Labute approximate surface area is 160 Å². The summed E-state index contributed by atoms with van der Waals surface area (Å²) in [7, 11) is 0. The van der Waals surface area contributed by atoms with Crippen LogP contribution in [-0.2, 0) is 17.0 Å². The van der Waals surface area contributed by atoms with E-state index >= 15 is 0 Å². The summed E-state index contributed by atoms with van der Waals surface area (Å²) < 4.78 is 18.8. The number of hydrogen-bond donors (Lipinski definition) is 1. The molecule has 1 aromatic carbocycles. The predicted octanol–water partition coefficient (Wildman–Crippen LogP) is 2.79. The lowest BCUT2D eigenvalue weighted by molar-refractivity contribution is -0.134. The van der Waals surface area contributed by atoms with Crippen LogP contribution in [0.1, 0.15) is 18.4 Å². The highest BCUT2D eigenvalue weighted by Gasteiger charge is 2.39. The smallest absolute Gasteiger partial charge is 0.324 e. The minimum absolute atomic E-state index is 0.145. The normalized spacial score (nSPS) is 19.9. The second-order valence-corrected chi connectivity index (χ2v) is 7.09. The van der Waals surface area contributed by atoms with Crippen LogP contribution < -0.4 is 5.32 Å². The molecule has 27 heavy (non-hydrogen) atoms. The van der Waals surface area contributed by atoms with E-state index in [-0.39, 0.29) is 30.7 Å². The minimum atomic E-state index is -0.496. The standard InChI is InChI=1S/C18H19FN4O3S/c1-3-7-23-16(24)14(11(2)20-17(23)25)9-15-21-22-18(26-15)27-10-12-5-4-6-13(19)8-12/h3-6,8,11,14H,1,7,9-10H2,2H3,(H,20,25). The molecule has 1 saturated heterocycles. The quantitative estimate of drug-likeness (QED) is 0.578. The first kappa shape index (κ1) is 19.1. The largest absolute Gasteiger partial charge is 0.416 e. The molecule has 2 atom stereocenters. The first-order chi connectivity index (χ1) is 13.0. The van der Waals surface area contributed by atoms with Crippen LogP contribution in [0.2, 0.25) is 0 Å². The molecule has 1 aliphatic rings. The van der Waals surface area contributed by atoms with Crippen LogP contribution in [0.25, 0.3) is 0 Å². The summed E-state index contributed by atoms with van der Waals surface area (Å²) in [5.41, 5.74) is 0.804. The molecule has 2 unspecified atom stereocenters. The third kappa shape index (κ3) is 4.54. The summed E-state index contributed by atoms with van der Waals surface area (Å²) in [6.45, 7) is 5.48. The lowest BCUT2D eigenvalue weighted by Crippen LogP contribution is -2.59. The van der Waals surface area contributed by atoms with Crippen LogP contribution in [0.15, 0.2) is 46.6 Å². The molecule has 7 nitrogen and oxygen atoms in total. The molecule has 0 spiro atoms. The Morgan fingerprint density at radius 2 is 2.22 bits per heavy atom. The van der Waals surface area contributed by atoms with Crippen molar-refractivity contribution in [2.45, 2.75) is 30.4 Å². The average Bonchev–Trinajstić information content (AvgIpc) is 3.08. The highest BCUT2D eigenvalue weighted by atomic mass is 32.2. The lowest BCUT2D eigenvalue weighted by Gasteiger charge is -2.34. The van der Waals surface area contributed by atoms with Gasteiger partial charge in [-0.3, -0.25) is 9.69 Å². The Morgan fingerprint density at radius 3 is 2.96 bits per heavy atom. The maximum Gasteiger partial charge on any atom is 0.324 e. The van der Waals surface area contributed by atoms with Gasteiger partial charge < -0.3 is 9.73 Å². The van der Waals surface area contributed by atoms with E-state index in [2.05, 4.69) is 22.1 Å². The van der Waals surface area contributed by atoms with Crippen molar-refractivity contribution in [1.82, 2.24) is 20.4 Å². The van der Waals surface area contributed by atoms with E-state index in [1.165, 1.54) is 30.0 Å². The van der Waals surface area contributed by atoms with Gasteiger partial charge >= 0.3 is 6.03 Å². The topological polar surface area (TPSA) is 88.3 Å². The Morgan fingerprint density at radius 1 is 1.41 bits per heavy atom. The number of thioether (sulfide) groups is 1. The summed E-state index contributed by atoms with van der Waals surface area (Å²) in [5.74, 6) is -0.282. The molecule has 9 heteroatoms. The zero-order valence-electron chi connectivity index (χ0n) is 14.7. The molecule has 2 heterocycles. The number of carbonyl (C=O) groups excluding carboxylic acids is 2. The van der Waals surface area contributed by atoms with Gasteiger partial charge in [0.1, 0.15) is 5.82 Å². The van der Waals surface area contributed by atoms with E-state index < -0.39 is 11.9 Å². The summed E-state index contributed by atoms with van der Waals surface area (Å²) in [5, 5.41) is 11.1. The SMILES string of the molecule is C=CCN1C(=O)NC(C)C(Cc2nnc(SCc3cccc(F)c3)o2)C1=O. The van der Waals surface area contributed by atoms with Crippen LogP contribution in [0.3, 0.4) is 0 Å². The zero-order valence-corrected chi connectivity index (χ0v) is 15.5. The van der Waals surface area contributed by atoms with Crippen molar-refractivity contribution in [1.29, 1.82) is 0 Å². The van der Waals surface area contributed by atoms with Crippen LogP contribution in [-0.4, -0.2) is 39.6 Å². The van der Waals surface area contributed by atoms with Crippen molar-refractivity contribution in [2.75, 3.05) is 6.54 Å². The molecule has 3 amide bonds. The molecule has 2 aromatic rings. The van der Waals surface area contributed by atoms with Gasteiger partial charge in [0.05, 0.1) is 5.92 Å². The van der Waals surface area contributed by atoms with Gasteiger partial charge in [0.2, 0.25) is 11.8 Å². The van der Waals surface area contributed by atoms with Crippen LogP contribution >= 0.6 is 11.8 Å². The fourth-order valence-corrected chi connectivity index (χ4v) is 3.52. The van der Waals surface area contributed by atoms with Crippen molar-refractivity contribution in [2.24, 2.45) is 5.92 Å². The lowest BCUT2D eigenvalue weighted by atomic mass is 9.93. The molecular weight excluding hydrogens is 371 g/mol. The molecule has 0 saturated carbocycles. The number of urea groups is 1. The van der Waals surface area contributed by atoms with Crippen LogP contribution in [0.4, 0.5) is 9.18 Å². The highest BCUT2D eigenvalue weighted by molar-refractivity contribution is 7.98. The van der Waals surface area contributed by atoms with E-state index in [0.717, 1.165) is 10.5 Å². The van der Waals surface area contributed by atoms with Gasteiger partial charge in [0, 0.05) is 24.8 Å². The van der Waals surface area contributed by atoms with Gasteiger partial charge in [0.25, 0.3) is 5.22 Å². The molecule has 0 aliphatic carbocycles. The van der Waals surface area contributed by atoms with Crippen LogP contribution in [0.5, 0.6) is 0 Å². The average molecular weight is 390 g/mol. The third-order valence-corrected chi connectivity index (χ3v) is 5.08. The van der Waals surface area contributed by atoms with Crippen molar-refractivity contribution >= 4 is 23.7 Å². The number of nitrogens with one attached hydrogen (secondary N) is 1. The molecular formula is C18H19FN4O3S. The molecule has 1 aromatic heterocycles. The van der Waals surface area contributed by atoms with E-state index in [0.29, 0.717) is 16.9 Å². The monoisotopic (exact) mass is 390 g/mol. The number of aromatic nitrogens is 2. The van der Waals surface area contributed by atoms with Gasteiger partial charge in [-0.25, -0.2) is 9.18 Å². The first-order valence-electron chi connectivity index (χ1n) is 8.40. The number of halogens is 1. The first-order valence-corrected chi connectivity index (χ1v) is 9.39. The number of imide groups is 1. The fraction of sp³-hybridized carbons (Fsp3) is 0.333. The number of amides is 3. The summed E-state index contributed by atoms with van der Waals surface area (Å²) >= 11 is 1.29. The second kappa shape index (κ2) is 8.34. The van der Waals surface area contributed by atoms with E-state index in [9.17, 15) is 14.0 Å². The summed E-state index contributed by atoms with van der Waals surface area (Å²) in [6.07, 6.45) is 1.72. The number of hydrogen-bond acceptors (Lipinski definition) is 6. The van der Waals surface area contributed by atoms with Crippen molar-refractivity contribution in [3.05, 3.63) is 54.2 Å². The Bertz CT molecular complexity index is 857. The Hall–Kier alpha value is -2.68. The molecule has 1 N–H and O–H groups in total. The zero-order chi connectivity index (χ0) is 19.4. The van der Waals surface area contributed by atoms with E-state index in [1.54, 1.807) is 13.0 Å². The van der Waals surface area contributed by atoms with Gasteiger partial charge in [-0.2, -0.15) is 0 Å². The number of rotatable bonds is 7. The highest BCUT2D eigenvalue weighted by Crippen LogP contribution is 2.24. The van der Waals surface area contributed by atoms with E-state index in [1.807, 2.05) is 6.07 Å². The summed E-state index contributed by atoms with van der Waals surface area (Å²) in [6, 6.07) is 5.51. The van der Waals surface area contributed by atoms with Crippen molar-refractivity contribution < 1.29 is 18.4 Å². The van der Waals surface area contributed by atoms with Gasteiger partial charge in [0.15, 0.2) is 0 Å². The maximum absolute atomic E-state index is 13.2. The predicted molar refractivity (Wildman–Crippen MR) is 97.4 cm³/mol. The van der Waals surface area contributed by atoms with Gasteiger partial charge in [-0.05, 0) is 24.6 Å². The van der Waals surface area contributed by atoms with E-state index in [4.69, 9.17) is 4.42 Å². The number of benzene rings is 1. The third-order valence-electron chi connectivity index (χ3n) is 4.19. The molecule has 0 radical (unpaired) electrons. The fourth-order valence-electron chi connectivity index (χ4n) is 2.79. The molecule has 142 valence electrons. The maximum atomic E-state index is 13.2. The molecule has 3 rings (SSSR count). The number of carbonyl (C=O) groups is 2. The van der Waals surface area contributed by atoms with Gasteiger partial charge in [-0.1, -0.05) is 30.0 Å². The number of nitrogens with zero attached hydrogens (tertiary/aromatic N) is 3. The molecule has 0 bridgehead atoms. The molecule has 1 fully saturated rings. The van der Waals surface area contributed by atoms with Crippen molar-refractivity contribution in [3.63, 3.8) is 0 Å². The van der Waals surface area contributed by atoms with Crippen molar-refractivity contribution in [3.8, 4) is 0 Å². The Kier molecular flexibility index (Phi) is 5.90.